The van der Waals surface area contributed by atoms with Gasteiger partial charge in [-0.3, -0.25) is 0 Å². The minimum atomic E-state index is -0.00147. The molecule has 0 aliphatic heterocycles. The lowest BCUT2D eigenvalue weighted by Crippen LogP contribution is -2.29. The Balaban J connectivity index is 2.00. The van der Waals surface area contributed by atoms with Gasteiger partial charge in [0.2, 0.25) is 0 Å². The van der Waals surface area contributed by atoms with Crippen LogP contribution in [0, 0.1) is 5.41 Å². The summed E-state index contributed by atoms with van der Waals surface area (Å²) in [5, 5.41) is 12.5. The minimum Gasteiger partial charge on any atom is -0.493 e. The normalized spacial score (nSPS) is 18.3. The Hall–Kier alpha value is -1.42. The van der Waals surface area contributed by atoms with Crippen LogP contribution in [0.3, 0.4) is 0 Å². The first-order valence-electron chi connectivity index (χ1n) is 7.72. The van der Waals surface area contributed by atoms with Crippen molar-refractivity contribution < 1.29 is 14.6 Å². The maximum absolute atomic E-state index is 8.89. The molecule has 0 saturated heterocycles. The molecule has 21 heavy (non-hydrogen) atoms. The molecule has 1 aromatic rings. The number of hydrogen-bond donors (Lipinski definition) is 2. The average molecular weight is 293 g/mol. The van der Waals surface area contributed by atoms with Crippen molar-refractivity contribution in [3.8, 4) is 11.5 Å². The molecule has 0 radical (unpaired) electrons. The highest BCUT2D eigenvalue weighted by molar-refractivity contribution is 5.55. The van der Waals surface area contributed by atoms with Crippen LogP contribution in [-0.2, 0) is 0 Å². The Morgan fingerprint density at radius 1 is 1.24 bits per heavy atom. The van der Waals surface area contributed by atoms with Crippen molar-refractivity contribution in [2.75, 3.05) is 25.6 Å². The highest BCUT2D eigenvalue weighted by Crippen LogP contribution is 2.37. The number of methoxy groups -OCH3 is 1. The molecule has 0 spiro atoms. The van der Waals surface area contributed by atoms with Crippen LogP contribution in [0.4, 0.5) is 5.69 Å². The number of aliphatic hydroxyl groups excluding tert-OH is 1. The molecule has 1 saturated carbocycles. The summed E-state index contributed by atoms with van der Waals surface area (Å²) < 4.78 is 10.8. The third-order valence-corrected chi connectivity index (χ3v) is 4.22. The molecule has 0 heterocycles. The SMILES string of the molecule is COc1ccc(NC2CCC(C)(C)CC2)cc1OCCO. The minimum absolute atomic E-state index is 0.00147. The van der Waals surface area contributed by atoms with Crippen LogP contribution in [-0.4, -0.2) is 31.5 Å². The van der Waals surface area contributed by atoms with Crippen molar-refractivity contribution in [3.05, 3.63) is 18.2 Å². The van der Waals surface area contributed by atoms with E-state index in [-0.39, 0.29) is 13.2 Å². The van der Waals surface area contributed by atoms with Gasteiger partial charge in [0.05, 0.1) is 13.7 Å². The van der Waals surface area contributed by atoms with Crippen LogP contribution in [0.2, 0.25) is 0 Å². The maximum Gasteiger partial charge on any atom is 0.163 e. The summed E-state index contributed by atoms with van der Waals surface area (Å²) in [5.41, 5.74) is 1.53. The predicted octanol–water partition coefficient (Wildman–Crippen LogP) is 3.45. The summed E-state index contributed by atoms with van der Waals surface area (Å²) in [4.78, 5) is 0. The summed E-state index contributed by atoms with van der Waals surface area (Å²) in [7, 11) is 1.62. The van der Waals surface area contributed by atoms with E-state index in [1.807, 2.05) is 18.2 Å². The molecule has 1 aliphatic carbocycles. The van der Waals surface area contributed by atoms with Crippen LogP contribution in [0.15, 0.2) is 18.2 Å². The standard InChI is InChI=1S/C17H27NO3/c1-17(2)8-6-13(7-9-17)18-14-4-5-15(20-3)16(12-14)21-11-10-19/h4-5,12-13,18-19H,6-11H2,1-3H3. The van der Waals surface area contributed by atoms with Gasteiger partial charge in [-0.05, 0) is 43.2 Å². The lowest BCUT2D eigenvalue weighted by Gasteiger charge is -2.35. The zero-order valence-electron chi connectivity index (χ0n) is 13.3. The predicted molar refractivity (Wildman–Crippen MR) is 85.2 cm³/mol. The molecule has 0 bridgehead atoms. The van der Waals surface area contributed by atoms with Crippen LogP contribution in [0.25, 0.3) is 0 Å². The van der Waals surface area contributed by atoms with Gasteiger partial charge in [-0.1, -0.05) is 13.8 Å². The summed E-state index contributed by atoms with van der Waals surface area (Å²) in [6.07, 6.45) is 4.92. The van der Waals surface area contributed by atoms with E-state index in [4.69, 9.17) is 14.6 Å². The molecule has 118 valence electrons. The summed E-state index contributed by atoms with van der Waals surface area (Å²) in [6.45, 7) is 4.96. The quantitative estimate of drug-likeness (QED) is 0.843. The number of rotatable bonds is 6. The van der Waals surface area contributed by atoms with Crippen LogP contribution >= 0.6 is 0 Å². The number of hydrogen-bond acceptors (Lipinski definition) is 4. The van der Waals surface area contributed by atoms with Crippen molar-refractivity contribution in [1.29, 1.82) is 0 Å². The van der Waals surface area contributed by atoms with Crippen LogP contribution in [0.5, 0.6) is 11.5 Å². The van der Waals surface area contributed by atoms with Gasteiger partial charge < -0.3 is 19.9 Å². The topological polar surface area (TPSA) is 50.7 Å². The molecule has 0 aromatic heterocycles. The van der Waals surface area contributed by atoms with E-state index in [0.717, 1.165) is 5.69 Å². The average Bonchev–Trinajstić information content (AvgIpc) is 2.47. The third-order valence-electron chi connectivity index (χ3n) is 4.22. The van der Waals surface area contributed by atoms with Gasteiger partial charge >= 0.3 is 0 Å². The zero-order chi connectivity index (χ0) is 15.3. The Morgan fingerprint density at radius 2 is 1.95 bits per heavy atom. The Kier molecular flexibility index (Phi) is 5.34. The first kappa shape index (κ1) is 16.0. The molecule has 2 rings (SSSR count). The fourth-order valence-corrected chi connectivity index (χ4v) is 2.81. The van der Waals surface area contributed by atoms with Gasteiger partial charge in [-0.15, -0.1) is 0 Å². The molecule has 1 aromatic carbocycles. The van der Waals surface area contributed by atoms with E-state index in [0.29, 0.717) is 23.0 Å². The van der Waals surface area contributed by atoms with E-state index >= 15 is 0 Å². The highest BCUT2D eigenvalue weighted by Gasteiger charge is 2.26. The van der Waals surface area contributed by atoms with Crippen molar-refractivity contribution in [2.45, 2.75) is 45.6 Å². The third kappa shape index (κ3) is 4.53. The van der Waals surface area contributed by atoms with Crippen molar-refractivity contribution in [3.63, 3.8) is 0 Å². The van der Waals surface area contributed by atoms with Gasteiger partial charge in [0.15, 0.2) is 11.5 Å². The first-order chi connectivity index (χ1) is 10.0. The van der Waals surface area contributed by atoms with E-state index in [1.54, 1.807) is 7.11 Å². The van der Waals surface area contributed by atoms with Gasteiger partial charge in [-0.25, -0.2) is 0 Å². The molecule has 4 heteroatoms. The highest BCUT2D eigenvalue weighted by atomic mass is 16.5. The number of nitrogens with one attached hydrogen (secondary N) is 1. The van der Waals surface area contributed by atoms with Gasteiger partial charge in [0.25, 0.3) is 0 Å². The molecule has 1 aliphatic rings. The number of anilines is 1. The van der Waals surface area contributed by atoms with E-state index in [9.17, 15) is 0 Å². The molecule has 2 N–H and O–H groups in total. The lowest BCUT2D eigenvalue weighted by atomic mass is 9.75. The Bertz CT molecular complexity index is 449. The first-order valence-corrected chi connectivity index (χ1v) is 7.72. The zero-order valence-corrected chi connectivity index (χ0v) is 13.3. The summed E-state index contributed by atoms with van der Waals surface area (Å²) >= 11 is 0. The van der Waals surface area contributed by atoms with Crippen molar-refractivity contribution in [2.24, 2.45) is 5.41 Å². The molecular formula is C17H27NO3. The van der Waals surface area contributed by atoms with Gasteiger partial charge in [0.1, 0.15) is 6.61 Å². The van der Waals surface area contributed by atoms with Crippen LogP contribution in [0.1, 0.15) is 39.5 Å². The van der Waals surface area contributed by atoms with Crippen molar-refractivity contribution >= 4 is 5.69 Å². The Morgan fingerprint density at radius 3 is 2.57 bits per heavy atom. The molecule has 4 nitrogen and oxygen atoms in total. The monoisotopic (exact) mass is 293 g/mol. The number of aliphatic hydroxyl groups is 1. The smallest absolute Gasteiger partial charge is 0.163 e. The summed E-state index contributed by atoms with van der Waals surface area (Å²) in [6, 6.07) is 6.40. The van der Waals surface area contributed by atoms with Gasteiger partial charge in [-0.2, -0.15) is 0 Å². The molecule has 0 unspecified atom stereocenters. The molecular weight excluding hydrogens is 266 g/mol. The molecule has 1 fully saturated rings. The molecule has 0 atom stereocenters. The molecule has 0 amide bonds. The van der Waals surface area contributed by atoms with E-state index in [1.165, 1.54) is 25.7 Å². The lowest BCUT2D eigenvalue weighted by molar-refractivity contribution is 0.196. The Labute approximate surface area is 127 Å². The maximum atomic E-state index is 8.89. The second-order valence-electron chi connectivity index (χ2n) is 6.52. The fourth-order valence-electron chi connectivity index (χ4n) is 2.81. The second kappa shape index (κ2) is 7.03. The second-order valence-corrected chi connectivity index (χ2v) is 6.52. The van der Waals surface area contributed by atoms with Crippen molar-refractivity contribution in [1.82, 2.24) is 0 Å². The van der Waals surface area contributed by atoms with E-state index < -0.39 is 0 Å². The number of ether oxygens (including phenoxy) is 2. The largest absolute Gasteiger partial charge is 0.493 e. The number of benzene rings is 1. The fraction of sp³-hybridized carbons (Fsp3) is 0.647. The van der Waals surface area contributed by atoms with Crippen LogP contribution < -0.4 is 14.8 Å². The summed E-state index contributed by atoms with van der Waals surface area (Å²) in [5.74, 6) is 1.37. The van der Waals surface area contributed by atoms with E-state index in [2.05, 4.69) is 19.2 Å². The van der Waals surface area contributed by atoms with Gasteiger partial charge in [0, 0.05) is 17.8 Å².